The first-order valence-corrected chi connectivity index (χ1v) is 10.8. The van der Waals surface area contributed by atoms with Crippen LogP contribution in [-0.2, 0) is 20.8 Å². The first kappa shape index (κ1) is 23.6. The minimum absolute atomic E-state index is 0.116. The van der Waals surface area contributed by atoms with E-state index in [1.165, 1.54) is 31.9 Å². The van der Waals surface area contributed by atoms with Gasteiger partial charge < -0.3 is 14.0 Å². The molecule has 0 aliphatic heterocycles. The lowest BCUT2D eigenvalue weighted by molar-refractivity contribution is -0.147. The Hall–Kier alpha value is -2.70. The number of hydrogen-bond donors (Lipinski definition) is 0. The van der Waals surface area contributed by atoms with E-state index in [0.29, 0.717) is 24.2 Å². The number of unbranched alkanes of at least 4 members (excludes halogenated alkanes) is 6. The van der Waals surface area contributed by atoms with E-state index in [-0.39, 0.29) is 5.56 Å². The molecule has 0 spiro atoms. The lowest BCUT2D eigenvalue weighted by Gasteiger charge is -2.11. The van der Waals surface area contributed by atoms with Gasteiger partial charge >= 0.3 is 11.9 Å². The van der Waals surface area contributed by atoms with Crippen LogP contribution in [-0.4, -0.2) is 34.7 Å². The molecule has 0 unspecified atom stereocenters. The number of pyridine rings is 2. The topological polar surface area (TPSA) is 87.5 Å². The summed E-state index contributed by atoms with van der Waals surface area (Å²) in [4.78, 5) is 41.3. The molecule has 0 saturated heterocycles. The molecule has 7 heteroatoms. The Bertz CT molecular complexity index is 920. The maximum absolute atomic E-state index is 12.7. The molecule has 0 atom stereocenters. The predicted octanol–water partition coefficient (Wildman–Crippen LogP) is 4.18. The number of aromatic nitrogens is 2. The van der Waals surface area contributed by atoms with Crippen LogP contribution in [0.4, 0.5) is 0 Å². The maximum atomic E-state index is 12.7. The minimum Gasteiger partial charge on any atom is -0.463 e. The second-order valence-electron chi connectivity index (χ2n) is 7.40. The lowest BCUT2D eigenvalue weighted by atomic mass is 10.1. The molecule has 30 heavy (non-hydrogen) atoms. The van der Waals surface area contributed by atoms with E-state index in [1.807, 2.05) is 13.8 Å². The molecule has 0 bridgehead atoms. The Morgan fingerprint density at radius 3 is 2.40 bits per heavy atom. The van der Waals surface area contributed by atoms with Crippen LogP contribution in [0.1, 0.15) is 74.8 Å². The van der Waals surface area contributed by atoms with E-state index in [1.54, 1.807) is 16.7 Å². The normalized spacial score (nSPS) is 10.9. The molecule has 0 saturated carbocycles. The highest BCUT2D eigenvalue weighted by molar-refractivity contribution is 5.94. The SMILES string of the molecule is CCCCCCCCCOC(=O)COC(=O)c1cn(CC)c2nc(C)ccc2c1=O. The van der Waals surface area contributed by atoms with Gasteiger partial charge in [-0.05, 0) is 32.4 Å². The predicted molar refractivity (Wildman–Crippen MR) is 116 cm³/mol. The third-order valence-corrected chi connectivity index (χ3v) is 4.95. The van der Waals surface area contributed by atoms with Crippen LogP contribution in [0.2, 0.25) is 0 Å². The Morgan fingerprint density at radius 1 is 1.00 bits per heavy atom. The summed E-state index contributed by atoms with van der Waals surface area (Å²) in [6.07, 6.45) is 9.30. The Morgan fingerprint density at radius 2 is 1.70 bits per heavy atom. The molecule has 0 aliphatic carbocycles. The largest absolute Gasteiger partial charge is 0.463 e. The van der Waals surface area contributed by atoms with Crippen molar-refractivity contribution in [2.45, 2.75) is 72.3 Å². The maximum Gasteiger partial charge on any atom is 0.344 e. The van der Waals surface area contributed by atoms with Gasteiger partial charge in [0.2, 0.25) is 5.43 Å². The summed E-state index contributed by atoms with van der Waals surface area (Å²) >= 11 is 0. The van der Waals surface area contributed by atoms with Crippen LogP contribution in [0.3, 0.4) is 0 Å². The fraction of sp³-hybridized carbons (Fsp3) is 0.565. The monoisotopic (exact) mass is 416 g/mol. The second kappa shape index (κ2) is 12.1. The molecular weight excluding hydrogens is 384 g/mol. The second-order valence-corrected chi connectivity index (χ2v) is 7.40. The molecule has 2 heterocycles. The highest BCUT2D eigenvalue weighted by atomic mass is 16.6. The zero-order valence-electron chi connectivity index (χ0n) is 18.2. The average Bonchev–Trinajstić information content (AvgIpc) is 2.74. The summed E-state index contributed by atoms with van der Waals surface area (Å²) < 4.78 is 11.8. The summed E-state index contributed by atoms with van der Waals surface area (Å²) in [5.74, 6) is -1.44. The Labute approximate surface area is 177 Å². The molecule has 2 rings (SSSR count). The molecule has 0 N–H and O–H groups in total. The number of esters is 2. The fourth-order valence-electron chi connectivity index (χ4n) is 3.24. The molecule has 2 aromatic rings. The third-order valence-electron chi connectivity index (χ3n) is 4.95. The van der Waals surface area contributed by atoms with E-state index in [9.17, 15) is 14.4 Å². The molecule has 0 radical (unpaired) electrons. The lowest BCUT2D eigenvalue weighted by Crippen LogP contribution is -2.24. The van der Waals surface area contributed by atoms with Gasteiger partial charge in [-0.1, -0.05) is 45.4 Å². The van der Waals surface area contributed by atoms with E-state index in [4.69, 9.17) is 9.47 Å². The van der Waals surface area contributed by atoms with Crippen LogP contribution >= 0.6 is 0 Å². The smallest absolute Gasteiger partial charge is 0.344 e. The van der Waals surface area contributed by atoms with Crippen molar-refractivity contribution in [2.75, 3.05) is 13.2 Å². The molecule has 0 aliphatic rings. The van der Waals surface area contributed by atoms with Gasteiger partial charge in [0.1, 0.15) is 11.2 Å². The number of carbonyl (C=O) groups excluding carboxylic acids is 2. The van der Waals surface area contributed by atoms with Gasteiger partial charge in [-0.15, -0.1) is 0 Å². The average molecular weight is 417 g/mol. The Kier molecular flexibility index (Phi) is 9.51. The summed E-state index contributed by atoms with van der Waals surface area (Å²) in [5.41, 5.74) is 0.731. The number of hydrogen-bond acceptors (Lipinski definition) is 6. The van der Waals surface area contributed by atoms with Crippen molar-refractivity contribution in [1.29, 1.82) is 0 Å². The number of ether oxygens (including phenoxy) is 2. The molecule has 0 amide bonds. The zero-order chi connectivity index (χ0) is 21.9. The number of fused-ring (bicyclic) bond motifs is 1. The van der Waals surface area contributed by atoms with Gasteiger partial charge in [0.25, 0.3) is 0 Å². The van der Waals surface area contributed by atoms with Crippen LogP contribution in [0.5, 0.6) is 0 Å². The van der Waals surface area contributed by atoms with Crippen molar-refractivity contribution in [3.63, 3.8) is 0 Å². The molecular formula is C23H32N2O5. The number of rotatable bonds is 12. The Balaban J connectivity index is 1.85. The number of nitrogens with zero attached hydrogens (tertiary/aromatic N) is 2. The van der Waals surface area contributed by atoms with Crippen LogP contribution in [0.25, 0.3) is 11.0 Å². The highest BCUT2D eigenvalue weighted by Gasteiger charge is 2.18. The molecule has 2 aromatic heterocycles. The first-order valence-electron chi connectivity index (χ1n) is 10.8. The third kappa shape index (κ3) is 6.68. The van der Waals surface area contributed by atoms with Crippen LogP contribution in [0, 0.1) is 6.92 Å². The van der Waals surface area contributed by atoms with Crippen LogP contribution in [0.15, 0.2) is 23.1 Å². The van der Waals surface area contributed by atoms with Gasteiger partial charge in [0.05, 0.1) is 12.0 Å². The summed E-state index contributed by atoms with van der Waals surface area (Å²) in [5, 5.41) is 0.346. The van der Waals surface area contributed by atoms with Crippen molar-refractivity contribution < 1.29 is 19.1 Å². The van der Waals surface area contributed by atoms with Gasteiger partial charge in [-0.25, -0.2) is 14.6 Å². The van der Waals surface area contributed by atoms with E-state index >= 15 is 0 Å². The molecule has 164 valence electrons. The molecule has 0 aromatic carbocycles. The van der Waals surface area contributed by atoms with Crippen molar-refractivity contribution in [2.24, 2.45) is 0 Å². The van der Waals surface area contributed by atoms with Crippen molar-refractivity contribution >= 4 is 23.0 Å². The molecule has 7 nitrogen and oxygen atoms in total. The number of aryl methyl sites for hydroxylation is 2. The quantitative estimate of drug-likeness (QED) is 0.381. The summed E-state index contributed by atoms with van der Waals surface area (Å²) in [6, 6.07) is 3.37. The zero-order valence-corrected chi connectivity index (χ0v) is 18.2. The van der Waals surface area contributed by atoms with Crippen LogP contribution < -0.4 is 5.43 Å². The molecule has 0 fully saturated rings. The highest BCUT2D eigenvalue weighted by Crippen LogP contribution is 2.12. The van der Waals surface area contributed by atoms with Crippen molar-refractivity contribution in [1.82, 2.24) is 9.55 Å². The standard InChI is InChI=1S/C23H32N2O5/c1-4-6-7-8-9-10-11-14-29-20(26)16-30-23(28)19-15-25(5-2)22-18(21(19)27)13-12-17(3)24-22/h12-13,15H,4-11,14,16H2,1-3H3. The van der Waals surface area contributed by atoms with Crippen molar-refractivity contribution in [3.8, 4) is 0 Å². The van der Waals surface area contributed by atoms with E-state index in [0.717, 1.165) is 25.0 Å². The minimum atomic E-state index is -0.836. The van der Waals surface area contributed by atoms with Gasteiger partial charge in [0.15, 0.2) is 6.61 Å². The first-order chi connectivity index (χ1) is 14.5. The number of carbonyl (C=O) groups is 2. The van der Waals surface area contributed by atoms with E-state index in [2.05, 4.69) is 11.9 Å². The summed E-state index contributed by atoms with van der Waals surface area (Å²) in [6.45, 7) is 6.25. The summed E-state index contributed by atoms with van der Waals surface area (Å²) in [7, 11) is 0. The van der Waals surface area contributed by atoms with Gasteiger partial charge in [0, 0.05) is 18.4 Å². The van der Waals surface area contributed by atoms with Gasteiger partial charge in [-0.2, -0.15) is 0 Å². The fourth-order valence-corrected chi connectivity index (χ4v) is 3.24. The van der Waals surface area contributed by atoms with Gasteiger partial charge in [-0.3, -0.25) is 4.79 Å². The van der Waals surface area contributed by atoms with E-state index < -0.39 is 24.0 Å². The van der Waals surface area contributed by atoms with Crippen molar-refractivity contribution in [3.05, 3.63) is 39.8 Å².